The van der Waals surface area contributed by atoms with Gasteiger partial charge in [0, 0.05) is 4.90 Å². The summed E-state index contributed by atoms with van der Waals surface area (Å²) in [5.41, 5.74) is 5.59. The van der Waals surface area contributed by atoms with E-state index in [1.807, 2.05) is 6.92 Å². The summed E-state index contributed by atoms with van der Waals surface area (Å²) in [6, 6.07) is 6.25. The van der Waals surface area contributed by atoms with Gasteiger partial charge in [-0.2, -0.15) is 15.0 Å². The smallest absolute Gasteiger partial charge is 0.322 e. The quantitative estimate of drug-likeness (QED) is 0.907. The highest BCUT2D eigenvalue weighted by molar-refractivity contribution is 7.99. The topological polar surface area (TPSA) is 73.9 Å². The number of hydrogen-bond donors (Lipinski definition) is 1. The molecule has 0 bridgehead atoms. The van der Waals surface area contributed by atoms with Crippen molar-refractivity contribution in [1.82, 2.24) is 15.0 Å². The van der Waals surface area contributed by atoms with E-state index in [2.05, 4.69) is 15.0 Å². The lowest BCUT2D eigenvalue weighted by atomic mass is 10.4. The Hall–Kier alpha value is -1.89. The fraction of sp³-hybridized carbons (Fsp3) is 0.250. The number of nitrogens with zero attached hydrogens (tertiary/aromatic N) is 3. The summed E-state index contributed by atoms with van der Waals surface area (Å²) >= 11 is 1.27. The van der Waals surface area contributed by atoms with Gasteiger partial charge in [0.2, 0.25) is 11.1 Å². The maximum atomic E-state index is 12.8. The molecule has 5 nitrogen and oxygen atoms in total. The maximum Gasteiger partial charge on any atom is 0.322 e. The fourth-order valence-electron chi connectivity index (χ4n) is 1.26. The molecule has 0 saturated carbocycles. The first-order chi connectivity index (χ1) is 9.17. The second kappa shape index (κ2) is 6.33. The van der Waals surface area contributed by atoms with Gasteiger partial charge in [-0.1, -0.05) is 6.92 Å². The van der Waals surface area contributed by atoms with Crippen LogP contribution in [0.4, 0.5) is 10.3 Å². The van der Waals surface area contributed by atoms with Gasteiger partial charge in [-0.15, -0.1) is 0 Å². The van der Waals surface area contributed by atoms with Crippen molar-refractivity contribution in [2.24, 2.45) is 0 Å². The van der Waals surface area contributed by atoms with Gasteiger partial charge >= 0.3 is 6.01 Å². The number of hydrogen-bond acceptors (Lipinski definition) is 6. The molecular formula is C12H13FN4OS. The van der Waals surface area contributed by atoms with Crippen molar-refractivity contribution in [3.8, 4) is 6.01 Å². The minimum absolute atomic E-state index is 0.103. The van der Waals surface area contributed by atoms with Gasteiger partial charge in [0.15, 0.2) is 0 Å². The predicted octanol–water partition coefficient (Wildman–Crippen LogP) is 2.53. The Morgan fingerprint density at radius 1 is 1.21 bits per heavy atom. The standard InChI is InChI=1S/C12H13FN4OS/c1-2-7-18-11-15-10(14)16-12(17-11)19-9-5-3-8(13)4-6-9/h3-6H,2,7H2,1H3,(H2,14,15,16,17). The predicted molar refractivity (Wildman–Crippen MR) is 70.5 cm³/mol. The van der Waals surface area contributed by atoms with Crippen molar-refractivity contribution in [3.05, 3.63) is 30.1 Å². The second-order valence-corrected chi connectivity index (χ2v) is 4.70. The summed E-state index contributed by atoms with van der Waals surface area (Å²) in [5.74, 6) is -0.183. The van der Waals surface area contributed by atoms with E-state index in [1.165, 1.54) is 23.9 Å². The molecule has 0 unspecified atom stereocenters. The molecule has 1 aromatic carbocycles. The number of anilines is 1. The summed E-state index contributed by atoms with van der Waals surface area (Å²) < 4.78 is 18.1. The van der Waals surface area contributed by atoms with Crippen molar-refractivity contribution >= 4 is 17.7 Å². The monoisotopic (exact) mass is 280 g/mol. The molecule has 19 heavy (non-hydrogen) atoms. The molecule has 0 atom stereocenters. The average molecular weight is 280 g/mol. The van der Waals surface area contributed by atoms with E-state index in [0.717, 1.165) is 11.3 Å². The summed E-state index contributed by atoms with van der Waals surface area (Å²) in [7, 11) is 0. The number of rotatable bonds is 5. The Labute approximate surface area is 114 Å². The number of ether oxygens (including phenoxy) is 1. The van der Waals surface area contributed by atoms with Crippen LogP contribution in [0.15, 0.2) is 34.3 Å². The zero-order valence-corrected chi connectivity index (χ0v) is 11.2. The molecule has 0 aliphatic heterocycles. The van der Waals surface area contributed by atoms with Crippen molar-refractivity contribution in [1.29, 1.82) is 0 Å². The molecule has 2 N–H and O–H groups in total. The normalized spacial score (nSPS) is 10.4. The third-order valence-electron chi connectivity index (χ3n) is 2.07. The van der Waals surface area contributed by atoms with Gasteiger partial charge in [-0.05, 0) is 42.4 Å². The van der Waals surface area contributed by atoms with Gasteiger partial charge < -0.3 is 10.5 Å². The van der Waals surface area contributed by atoms with Crippen molar-refractivity contribution in [2.75, 3.05) is 12.3 Å². The molecule has 0 aliphatic carbocycles. The van der Waals surface area contributed by atoms with Gasteiger partial charge in [0.1, 0.15) is 5.82 Å². The minimum Gasteiger partial charge on any atom is -0.463 e. The van der Waals surface area contributed by atoms with Crippen LogP contribution in [0.5, 0.6) is 6.01 Å². The first-order valence-corrected chi connectivity index (χ1v) is 6.57. The molecule has 0 aliphatic rings. The highest BCUT2D eigenvalue weighted by Gasteiger charge is 2.07. The Balaban J connectivity index is 2.15. The SMILES string of the molecule is CCCOc1nc(N)nc(Sc2ccc(F)cc2)n1. The van der Waals surface area contributed by atoms with Crippen LogP contribution in [0.1, 0.15) is 13.3 Å². The Bertz CT molecular complexity index is 550. The third-order valence-corrected chi connectivity index (χ3v) is 2.94. The molecule has 0 amide bonds. The molecule has 2 rings (SSSR count). The summed E-state index contributed by atoms with van der Waals surface area (Å²) in [4.78, 5) is 12.8. The van der Waals surface area contributed by atoms with E-state index >= 15 is 0 Å². The highest BCUT2D eigenvalue weighted by Crippen LogP contribution is 2.25. The number of aromatic nitrogens is 3. The summed E-state index contributed by atoms with van der Waals surface area (Å²) in [5, 5.41) is 0.421. The number of benzene rings is 1. The largest absolute Gasteiger partial charge is 0.463 e. The lowest BCUT2D eigenvalue weighted by Gasteiger charge is -2.05. The Morgan fingerprint density at radius 2 is 1.95 bits per heavy atom. The van der Waals surface area contributed by atoms with E-state index in [1.54, 1.807) is 12.1 Å². The van der Waals surface area contributed by atoms with Crippen LogP contribution in [-0.4, -0.2) is 21.6 Å². The molecule has 0 saturated heterocycles. The molecule has 0 radical (unpaired) electrons. The van der Waals surface area contributed by atoms with Gasteiger partial charge in [0.05, 0.1) is 6.61 Å². The van der Waals surface area contributed by atoms with Crippen LogP contribution >= 0.6 is 11.8 Å². The summed E-state index contributed by atoms with van der Waals surface area (Å²) in [6.45, 7) is 2.50. The molecule has 0 spiro atoms. The number of halogens is 1. The van der Waals surface area contributed by atoms with E-state index < -0.39 is 0 Å². The van der Waals surface area contributed by atoms with E-state index in [9.17, 15) is 4.39 Å². The van der Waals surface area contributed by atoms with Crippen LogP contribution in [0, 0.1) is 5.82 Å². The number of nitrogens with two attached hydrogens (primary N) is 1. The molecule has 1 aromatic heterocycles. The van der Waals surface area contributed by atoms with Gasteiger partial charge in [-0.25, -0.2) is 4.39 Å². The first kappa shape index (κ1) is 13.5. The van der Waals surface area contributed by atoms with Gasteiger partial charge in [0.25, 0.3) is 0 Å². The zero-order chi connectivity index (χ0) is 13.7. The second-order valence-electron chi connectivity index (χ2n) is 3.66. The number of nitrogen functional groups attached to an aromatic ring is 1. The third kappa shape index (κ3) is 4.06. The molecule has 100 valence electrons. The van der Waals surface area contributed by atoms with Gasteiger partial charge in [-0.3, -0.25) is 0 Å². The lowest BCUT2D eigenvalue weighted by molar-refractivity contribution is 0.288. The highest BCUT2D eigenvalue weighted by atomic mass is 32.2. The van der Waals surface area contributed by atoms with E-state index in [0.29, 0.717) is 11.8 Å². The molecule has 7 heteroatoms. The molecular weight excluding hydrogens is 267 g/mol. The Morgan fingerprint density at radius 3 is 2.63 bits per heavy atom. The maximum absolute atomic E-state index is 12.8. The Kier molecular flexibility index (Phi) is 4.51. The minimum atomic E-state index is -0.286. The average Bonchev–Trinajstić information content (AvgIpc) is 2.38. The van der Waals surface area contributed by atoms with Crippen molar-refractivity contribution in [2.45, 2.75) is 23.4 Å². The first-order valence-electron chi connectivity index (χ1n) is 5.75. The van der Waals surface area contributed by atoms with Crippen LogP contribution in [-0.2, 0) is 0 Å². The van der Waals surface area contributed by atoms with E-state index in [-0.39, 0.29) is 17.8 Å². The molecule has 0 fully saturated rings. The van der Waals surface area contributed by atoms with E-state index in [4.69, 9.17) is 10.5 Å². The van der Waals surface area contributed by atoms with Crippen LogP contribution in [0.3, 0.4) is 0 Å². The molecule has 1 heterocycles. The zero-order valence-electron chi connectivity index (χ0n) is 10.3. The van der Waals surface area contributed by atoms with Crippen LogP contribution in [0.25, 0.3) is 0 Å². The van der Waals surface area contributed by atoms with Crippen LogP contribution in [0.2, 0.25) is 0 Å². The summed E-state index contributed by atoms with van der Waals surface area (Å²) in [6.07, 6.45) is 0.853. The lowest BCUT2D eigenvalue weighted by Crippen LogP contribution is -2.05. The van der Waals surface area contributed by atoms with Crippen LogP contribution < -0.4 is 10.5 Å². The van der Waals surface area contributed by atoms with Crippen molar-refractivity contribution < 1.29 is 9.13 Å². The van der Waals surface area contributed by atoms with Crippen molar-refractivity contribution in [3.63, 3.8) is 0 Å². The fourth-order valence-corrected chi connectivity index (χ4v) is 2.01. The molecule has 2 aromatic rings.